The molecular weight excluding hydrogens is 278 g/mol. The van der Waals surface area contributed by atoms with E-state index in [1.807, 2.05) is 42.3 Å². The van der Waals surface area contributed by atoms with Crippen molar-refractivity contribution >= 4 is 11.8 Å². The molecule has 3 rings (SSSR count). The fourth-order valence-corrected chi connectivity index (χ4v) is 2.06. The molecule has 0 fully saturated rings. The van der Waals surface area contributed by atoms with E-state index in [0.717, 1.165) is 12.3 Å². The topological polar surface area (TPSA) is 67.1 Å². The van der Waals surface area contributed by atoms with Gasteiger partial charge in [0, 0.05) is 13.6 Å². The fraction of sp³-hybridized carbons (Fsp3) is 0.188. The summed E-state index contributed by atoms with van der Waals surface area (Å²) in [4.78, 5) is 6.43. The minimum Gasteiger partial charge on any atom is -0.467 e. The van der Waals surface area contributed by atoms with Gasteiger partial charge in [0.05, 0.1) is 19.0 Å². The molecule has 1 aromatic carbocycles. The Bertz CT molecular complexity index is 700. The zero-order chi connectivity index (χ0) is 15.2. The van der Waals surface area contributed by atoms with Crippen molar-refractivity contribution in [2.45, 2.75) is 13.1 Å². The van der Waals surface area contributed by atoms with Gasteiger partial charge >= 0.3 is 0 Å². The monoisotopic (exact) mass is 295 g/mol. The lowest BCUT2D eigenvalue weighted by atomic mass is 10.2. The van der Waals surface area contributed by atoms with Crippen molar-refractivity contribution in [3.05, 3.63) is 66.2 Å². The second-order valence-electron chi connectivity index (χ2n) is 4.92. The van der Waals surface area contributed by atoms with Crippen molar-refractivity contribution in [1.29, 1.82) is 0 Å². The largest absolute Gasteiger partial charge is 0.467 e. The summed E-state index contributed by atoms with van der Waals surface area (Å²) in [6, 6.07) is 13.9. The third-order valence-electron chi connectivity index (χ3n) is 3.18. The van der Waals surface area contributed by atoms with Crippen LogP contribution >= 0.6 is 0 Å². The van der Waals surface area contributed by atoms with E-state index in [-0.39, 0.29) is 0 Å². The Morgan fingerprint density at radius 3 is 2.77 bits per heavy atom. The van der Waals surface area contributed by atoms with Crippen molar-refractivity contribution in [3.8, 4) is 0 Å². The van der Waals surface area contributed by atoms with Gasteiger partial charge in [0.1, 0.15) is 5.76 Å². The van der Waals surface area contributed by atoms with Crippen molar-refractivity contribution in [2.24, 2.45) is 0 Å². The number of hydrogen-bond acceptors (Lipinski definition) is 6. The molecule has 0 atom stereocenters. The first-order valence-corrected chi connectivity index (χ1v) is 7.02. The highest BCUT2D eigenvalue weighted by Crippen LogP contribution is 2.12. The van der Waals surface area contributed by atoms with Crippen LogP contribution in [0.4, 0.5) is 11.8 Å². The van der Waals surface area contributed by atoms with Crippen LogP contribution in [-0.4, -0.2) is 22.2 Å². The zero-order valence-electron chi connectivity index (χ0n) is 12.3. The van der Waals surface area contributed by atoms with Crippen LogP contribution in [0.1, 0.15) is 11.3 Å². The summed E-state index contributed by atoms with van der Waals surface area (Å²) in [5, 5.41) is 11.3. The van der Waals surface area contributed by atoms with Crippen LogP contribution in [0.15, 0.2) is 59.3 Å². The van der Waals surface area contributed by atoms with Crippen LogP contribution in [0.25, 0.3) is 0 Å². The molecule has 0 saturated heterocycles. The Labute approximate surface area is 128 Å². The summed E-state index contributed by atoms with van der Waals surface area (Å²) in [7, 11) is 1.94. The quantitative estimate of drug-likeness (QED) is 0.754. The molecule has 6 nitrogen and oxygen atoms in total. The molecule has 0 aliphatic rings. The molecule has 6 heteroatoms. The summed E-state index contributed by atoms with van der Waals surface area (Å²) >= 11 is 0. The number of benzene rings is 1. The minimum atomic E-state index is 0.563. The van der Waals surface area contributed by atoms with E-state index >= 15 is 0 Å². The third kappa shape index (κ3) is 3.60. The molecule has 0 saturated carbocycles. The smallest absolute Gasteiger partial charge is 0.247 e. The second kappa shape index (κ2) is 6.71. The van der Waals surface area contributed by atoms with Crippen LogP contribution in [0, 0.1) is 0 Å². The van der Waals surface area contributed by atoms with Gasteiger partial charge in [-0.2, -0.15) is 10.1 Å². The highest BCUT2D eigenvalue weighted by atomic mass is 16.3. The second-order valence-corrected chi connectivity index (χ2v) is 4.92. The number of rotatable bonds is 6. The summed E-state index contributed by atoms with van der Waals surface area (Å²) in [5.41, 5.74) is 1.20. The molecule has 0 spiro atoms. The number of nitrogens with one attached hydrogen (secondary N) is 1. The molecule has 0 unspecified atom stereocenters. The lowest BCUT2D eigenvalue weighted by molar-refractivity contribution is 0.517. The Morgan fingerprint density at radius 1 is 1.14 bits per heavy atom. The molecule has 0 aliphatic carbocycles. The summed E-state index contributed by atoms with van der Waals surface area (Å²) in [6.07, 6.45) is 3.25. The van der Waals surface area contributed by atoms with E-state index in [9.17, 15) is 0 Å². The zero-order valence-corrected chi connectivity index (χ0v) is 12.3. The number of hydrogen-bond donors (Lipinski definition) is 1. The van der Waals surface area contributed by atoms with Crippen molar-refractivity contribution < 1.29 is 4.42 Å². The summed E-state index contributed by atoms with van der Waals surface area (Å²) in [5.74, 6) is 2.09. The van der Waals surface area contributed by atoms with Gasteiger partial charge in [-0.15, -0.1) is 5.10 Å². The average molecular weight is 295 g/mol. The van der Waals surface area contributed by atoms with Crippen LogP contribution in [0.3, 0.4) is 0 Å². The maximum Gasteiger partial charge on any atom is 0.247 e. The fourth-order valence-electron chi connectivity index (χ4n) is 2.06. The summed E-state index contributed by atoms with van der Waals surface area (Å²) < 4.78 is 5.28. The van der Waals surface area contributed by atoms with Crippen molar-refractivity contribution in [2.75, 3.05) is 17.3 Å². The van der Waals surface area contributed by atoms with E-state index in [4.69, 9.17) is 4.42 Å². The van der Waals surface area contributed by atoms with Gasteiger partial charge < -0.3 is 14.6 Å². The lowest BCUT2D eigenvalue weighted by Gasteiger charge is -2.17. The average Bonchev–Trinajstić information content (AvgIpc) is 3.08. The third-order valence-corrected chi connectivity index (χ3v) is 3.18. The van der Waals surface area contributed by atoms with Gasteiger partial charge in [0.25, 0.3) is 0 Å². The first-order chi connectivity index (χ1) is 10.8. The summed E-state index contributed by atoms with van der Waals surface area (Å²) in [6.45, 7) is 1.29. The molecule has 0 radical (unpaired) electrons. The lowest BCUT2D eigenvalue weighted by Crippen LogP contribution is -2.20. The predicted octanol–water partition coefficient (Wildman–Crippen LogP) is 2.71. The van der Waals surface area contributed by atoms with E-state index in [1.54, 1.807) is 12.5 Å². The van der Waals surface area contributed by atoms with E-state index in [0.29, 0.717) is 18.3 Å². The Kier molecular flexibility index (Phi) is 4.29. The maximum atomic E-state index is 5.28. The molecule has 0 aliphatic heterocycles. The molecule has 3 aromatic rings. The minimum absolute atomic E-state index is 0.563. The standard InChI is InChI=1S/C16H17N5O/c1-21(12-13-6-3-2-4-7-13)16-19-15(11-18-20-16)17-10-14-8-5-9-22-14/h2-9,11H,10,12H2,1H3,(H,17,19,20). The maximum absolute atomic E-state index is 5.28. The number of furan rings is 1. The molecule has 0 amide bonds. The van der Waals surface area contributed by atoms with Crippen LogP contribution < -0.4 is 10.2 Å². The number of nitrogens with zero attached hydrogens (tertiary/aromatic N) is 4. The Hall–Kier alpha value is -2.89. The van der Waals surface area contributed by atoms with Gasteiger partial charge in [-0.25, -0.2) is 0 Å². The van der Waals surface area contributed by atoms with Crippen LogP contribution in [0.5, 0.6) is 0 Å². The van der Waals surface area contributed by atoms with Gasteiger partial charge in [-0.3, -0.25) is 0 Å². The number of aromatic nitrogens is 3. The Morgan fingerprint density at radius 2 is 2.00 bits per heavy atom. The van der Waals surface area contributed by atoms with Gasteiger partial charge in [-0.05, 0) is 17.7 Å². The number of anilines is 2. The van der Waals surface area contributed by atoms with Crippen molar-refractivity contribution in [3.63, 3.8) is 0 Å². The van der Waals surface area contributed by atoms with E-state index < -0.39 is 0 Å². The predicted molar refractivity (Wildman–Crippen MR) is 84.4 cm³/mol. The normalized spacial score (nSPS) is 10.4. The van der Waals surface area contributed by atoms with Crippen LogP contribution in [0.2, 0.25) is 0 Å². The highest BCUT2D eigenvalue weighted by molar-refractivity contribution is 5.39. The molecule has 112 valence electrons. The first-order valence-electron chi connectivity index (χ1n) is 7.02. The van der Waals surface area contributed by atoms with E-state index in [1.165, 1.54) is 5.56 Å². The highest BCUT2D eigenvalue weighted by Gasteiger charge is 2.07. The van der Waals surface area contributed by atoms with Crippen LogP contribution in [-0.2, 0) is 13.1 Å². The molecular formula is C16H17N5O. The Balaban J connectivity index is 1.65. The van der Waals surface area contributed by atoms with Crippen molar-refractivity contribution in [1.82, 2.24) is 15.2 Å². The molecule has 2 aromatic heterocycles. The first kappa shape index (κ1) is 14.1. The molecule has 0 bridgehead atoms. The van der Waals surface area contributed by atoms with Gasteiger partial charge in [-0.1, -0.05) is 30.3 Å². The van der Waals surface area contributed by atoms with E-state index in [2.05, 4.69) is 32.6 Å². The SMILES string of the molecule is CN(Cc1ccccc1)c1nncc(NCc2ccco2)n1. The molecule has 22 heavy (non-hydrogen) atoms. The molecule has 1 N–H and O–H groups in total. The van der Waals surface area contributed by atoms with Gasteiger partial charge in [0.2, 0.25) is 5.95 Å². The van der Waals surface area contributed by atoms with Gasteiger partial charge in [0.15, 0.2) is 5.82 Å². The molecule has 2 heterocycles.